The lowest BCUT2D eigenvalue weighted by Crippen LogP contribution is -2.66. The number of allylic oxidation sites excluding steroid dienone is 1. The molecule has 2 amide bonds. The van der Waals surface area contributed by atoms with E-state index in [2.05, 4.69) is 0 Å². The van der Waals surface area contributed by atoms with Crippen molar-refractivity contribution in [3.63, 3.8) is 0 Å². The summed E-state index contributed by atoms with van der Waals surface area (Å²) < 4.78 is 55.3. The van der Waals surface area contributed by atoms with Crippen molar-refractivity contribution >= 4 is 23.3 Å². The van der Waals surface area contributed by atoms with Crippen molar-refractivity contribution < 1.29 is 37.0 Å². The maximum Gasteiger partial charge on any atom is 0.425 e. The monoisotopic (exact) mass is 516 g/mol. The van der Waals surface area contributed by atoms with Crippen LogP contribution in [0.15, 0.2) is 53.7 Å². The summed E-state index contributed by atoms with van der Waals surface area (Å²) >= 11 is 0. The van der Waals surface area contributed by atoms with E-state index in [0.29, 0.717) is 0 Å². The first-order chi connectivity index (χ1) is 17.3. The first-order valence-electron chi connectivity index (χ1n) is 11.5. The summed E-state index contributed by atoms with van der Waals surface area (Å²) in [6, 6.07) is 10.2. The molecule has 0 radical (unpaired) electrons. The third-order valence-electron chi connectivity index (χ3n) is 6.69. The van der Waals surface area contributed by atoms with Crippen LogP contribution in [0.2, 0.25) is 0 Å². The number of aryl methyl sites for hydroxylation is 1. The number of nitrogens with one attached hydrogen (secondary N) is 1. The van der Waals surface area contributed by atoms with E-state index in [9.17, 15) is 14.4 Å². The zero-order valence-corrected chi connectivity index (χ0v) is 21.1. The van der Waals surface area contributed by atoms with E-state index >= 15 is 13.2 Å². The number of carbonyl (C=O) groups excluding carboxylic acids is 3. The van der Waals surface area contributed by atoms with E-state index in [-0.39, 0.29) is 41.3 Å². The van der Waals surface area contributed by atoms with Crippen LogP contribution in [0.3, 0.4) is 0 Å². The lowest BCUT2D eigenvalue weighted by atomic mass is 9.72. The topological polar surface area (TPSA) is 84.9 Å². The van der Waals surface area contributed by atoms with Crippen LogP contribution in [0.5, 0.6) is 11.5 Å². The smallest absolute Gasteiger partial charge is 0.425 e. The van der Waals surface area contributed by atoms with Crippen LogP contribution < -0.4 is 19.7 Å². The Hall–Kier alpha value is -3.82. The minimum atomic E-state index is -5.31. The normalized spacial score (nSPS) is 21.1. The average molecular weight is 517 g/mol. The van der Waals surface area contributed by atoms with Crippen LogP contribution in [0.1, 0.15) is 42.6 Å². The SMILES string of the molecule is COc1ccc(C(=O)N[C@@]2(C(F)(F)F)C(=O)N(c3ccc(C)cc3)C3=C2C(=O)CC(C)(C)C3)cc1OC. The summed E-state index contributed by atoms with van der Waals surface area (Å²) in [6.07, 6.45) is -5.48. The molecule has 1 aliphatic heterocycles. The van der Waals surface area contributed by atoms with E-state index in [1.54, 1.807) is 32.9 Å². The molecule has 0 aromatic heterocycles. The second-order valence-electron chi connectivity index (χ2n) is 10.0. The number of ether oxygens (including phenoxy) is 2. The molecule has 0 fully saturated rings. The second-order valence-corrected chi connectivity index (χ2v) is 10.0. The van der Waals surface area contributed by atoms with Crippen molar-refractivity contribution in [2.75, 3.05) is 19.1 Å². The third-order valence-corrected chi connectivity index (χ3v) is 6.69. The summed E-state index contributed by atoms with van der Waals surface area (Å²) in [7, 11) is 2.69. The van der Waals surface area contributed by atoms with E-state index in [1.807, 2.05) is 5.32 Å². The Morgan fingerprint density at radius 1 is 0.973 bits per heavy atom. The maximum absolute atomic E-state index is 15.0. The highest BCUT2D eigenvalue weighted by Gasteiger charge is 2.72. The molecular weight excluding hydrogens is 489 g/mol. The van der Waals surface area contributed by atoms with Gasteiger partial charge < -0.3 is 14.8 Å². The molecule has 1 N–H and O–H groups in total. The molecule has 2 aromatic rings. The van der Waals surface area contributed by atoms with Crippen LogP contribution in [0, 0.1) is 12.3 Å². The third kappa shape index (κ3) is 4.24. The fraction of sp³-hybridized carbons (Fsp3) is 0.370. The van der Waals surface area contributed by atoms with Gasteiger partial charge >= 0.3 is 6.18 Å². The summed E-state index contributed by atoms with van der Waals surface area (Å²) in [5.74, 6) is -3.10. The number of methoxy groups -OCH3 is 2. The minimum Gasteiger partial charge on any atom is -0.493 e. The summed E-state index contributed by atoms with van der Waals surface area (Å²) in [4.78, 5) is 41.3. The van der Waals surface area contributed by atoms with E-state index in [1.165, 1.54) is 44.6 Å². The Morgan fingerprint density at radius 2 is 1.59 bits per heavy atom. The van der Waals surface area contributed by atoms with Crippen molar-refractivity contribution in [1.29, 1.82) is 0 Å². The fourth-order valence-electron chi connectivity index (χ4n) is 4.94. The van der Waals surface area contributed by atoms with E-state index in [4.69, 9.17) is 9.47 Å². The Kier molecular flexibility index (Phi) is 6.34. The van der Waals surface area contributed by atoms with Gasteiger partial charge in [0.15, 0.2) is 17.3 Å². The van der Waals surface area contributed by atoms with Gasteiger partial charge in [0.25, 0.3) is 11.8 Å². The number of hydrogen-bond donors (Lipinski definition) is 1. The Bertz CT molecular complexity index is 1310. The second kappa shape index (κ2) is 8.93. The number of amides is 2. The highest BCUT2D eigenvalue weighted by molar-refractivity contribution is 6.21. The number of ketones is 1. The van der Waals surface area contributed by atoms with Crippen LogP contribution in [-0.2, 0) is 9.59 Å². The van der Waals surface area contributed by atoms with Gasteiger partial charge in [-0.25, -0.2) is 0 Å². The zero-order chi connectivity index (χ0) is 27.3. The lowest BCUT2D eigenvalue weighted by Gasteiger charge is -2.35. The number of benzene rings is 2. The first kappa shape index (κ1) is 26.2. The van der Waals surface area contributed by atoms with E-state index < -0.39 is 40.3 Å². The fourth-order valence-corrected chi connectivity index (χ4v) is 4.94. The molecule has 2 aromatic carbocycles. The van der Waals surface area contributed by atoms with Crippen molar-refractivity contribution in [1.82, 2.24) is 5.32 Å². The van der Waals surface area contributed by atoms with Crippen molar-refractivity contribution in [3.8, 4) is 11.5 Å². The van der Waals surface area contributed by atoms with Crippen molar-refractivity contribution in [2.45, 2.75) is 45.3 Å². The van der Waals surface area contributed by atoms with Gasteiger partial charge in [-0.15, -0.1) is 0 Å². The number of anilines is 1. The molecule has 196 valence electrons. The number of rotatable bonds is 5. The van der Waals surface area contributed by atoms with Gasteiger partial charge in [0.1, 0.15) is 0 Å². The van der Waals surface area contributed by atoms with Crippen LogP contribution in [-0.4, -0.2) is 43.5 Å². The molecule has 7 nitrogen and oxygen atoms in total. The number of carbonyl (C=O) groups is 3. The van der Waals surface area contributed by atoms with Gasteiger partial charge in [-0.1, -0.05) is 31.5 Å². The molecule has 1 atom stereocenters. The van der Waals surface area contributed by atoms with E-state index in [0.717, 1.165) is 10.5 Å². The van der Waals surface area contributed by atoms with Crippen LogP contribution >= 0.6 is 0 Å². The standard InChI is InChI=1S/C27H27F3N2O5/c1-15-6-9-17(10-7-15)32-18-13-25(2,3)14-19(33)22(18)26(24(32)35,27(28,29)30)31-23(34)16-8-11-20(36-4)21(12-16)37-5/h6-12H,13-14H2,1-5H3,(H,31,34)/t26-/m1/s1. The number of halogens is 3. The molecule has 10 heteroatoms. The van der Waals surface area contributed by atoms with Gasteiger partial charge in [-0.05, 0) is 49.1 Å². The molecule has 0 saturated carbocycles. The van der Waals surface area contributed by atoms with Crippen molar-refractivity contribution in [3.05, 3.63) is 64.9 Å². The molecule has 37 heavy (non-hydrogen) atoms. The Labute approximate surface area is 212 Å². The van der Waals surface area contributed by atoms with Gasteiger partial charge in [0, 0.05) is 23.4 Å². The Morgan fingerprint density at radius 3 is 2.16 bits per heavy atom. The summed E-state index contributed by atoms with van der Waals surface area (Å²) in [6.45, 7) is 5.31. The Balaban J connectivity index is 1.90. The highest BCUT2D eigenvalue weighted by atomic mass is 19.4. The summed E-state index contributed by atoms with van der Waals surface area (Å²) in [5, 5.41) is 1.93. The number of hydrogen-bond acceptors (Lipinski definition) is 5. The molecule has 0 bridgehead atoms. The number of Topliss-reactive ketones (excluding diaryl/α,β-unsaturated/α-hetero) is 1. The average Bonchev–Trinajstić information content (AvgIpc) is 3.06. The van der Waals surface area contributed by atoms with Crippen LogP contribution in [0.4, 0.5) is 18.9 Å². The molecule has 2 aliphatic rings. The minimum absolute atomic E-state index is 0.0394. The predicted molar refractivity (Wildman–Crippen MR) is 130 cm³/mol. The van der Waals surface area contributed by atoms with Gasteiger partial charge in [-0.3, -0.25) is 19.3 Å². The molecule has 1 aliphatic carbocycles. The van der Waals surface area contributed by atoms with Crippen LogP contribution in [0.25, 0.3) is 0 Å². The first-order valence-corrected chi connectivity index (χ1v) is 11.5. The number of alkyl halides is 3. The molecule has 0 spiro atoms. The zero-order valence-electron chi connectivity index (χ0n) is 21.1. The van der Waals surface area contributed by atoms with Gasteiger partial charge in [-0.2, -0.15) is 13.2 Å². The molecule has 0 saturated heterocycles. The molecular formula is C27H27F3N2O5. The molecule has 1 heterocycles. The summed E-state index contributed by atoms with van der Waals surface area (Å²) in [5.41, 5.74) is -4.21. The van der Waals surface area contributed by atoms with Gasteiger partial charge in [0.2, 0.25) is 5.54 Å². The van der Waals surface area contributed by atoms with Gasteiger partial charge in [0.05, 0.1) is 19.8 Å². The quantitative estimate of drug-likeness (QED) is 0.621. The maximum atomic E-state index is 15.0. The largest absolute Gasteiger partial charge is 0.493 e. The van der Waals surface area contributed by atoms with Crippen molar-refractivity contribution in [2.24, 2.45) is 5.41 Å². The highest BCUT2D eigenvalue weighted by Crippen LogP contribution is 2.53. The predicted octanol–water partition coefficient (Wildman–Crippen LogP) is 4.73. The molecule has 4 rings (SSSR count). The number of nitrogens with zero attached hydrogens (tertiary/aromatic N) is 1. The lowest BCUT2D eigenvalue weighted by molar-refractivity contribution is -0.186. The molecule has 0 unspecified atom stereocenters.